The first-order valence-corrected chi connectivity index (χ1v) is 10.3. The molecule has 1 atom stereocenters. The second-order valence-corrected chi connectivity index (χ2v) is 7.51. The molecule has 0 aliphatic rings. The second-order valence-electron chi connectivity index (χ2n) is 7.51. The SMILES string of the molecule is CC(Nc1nccc(-n2cnc3cc(-c4ccncc4)ccc32)n1)c1cccc([N+](=O)[O-])c1. The van der Waals surface area contributed by atoms with Crippen LogP contribution in [0.2, 0.25) is 0 Å². The van der Waals surface area contributed by atoms with Gasteiger partial charge >= 0.3 is 0 Å². The van der Waals surface area contributed by atoms with Crippen LogP contribution in [0.3, 0.4) is 0 Å². The van der Waals surface area contributed by atoms with Crippen LogP contribution in [-0.4, -0.2) is 29.4 Å². The lowest BCUT2D eigenvalue weighted by atomic mass is 10.1. The van der Waals surface area contributed by atoms with Crippen LogP contribution < -0.4 is 5.32 Å². The number of non-ortho nitro benzene ring substituents is 1. The molecule has 9 nitrogen and oxygen atoms in total. The highest BCUT2D eigenvalue weighted by Gasteiger charge is 2.13. The minimum atomic E-state index is -0.405. The molecule has 0 aliphatic carbocycles. The van der Waals surface area contributed by atoms with Gasteiger partial charge in [0.05, 0.1) is 22.0 Å². The van der Waals surface area contributed by atoms with Gasteiger partial charge in [-0.3, -0.25) is 19.7 Å². The van der Waals surface area contributed by atoms with E-state index in [-0.39, 0.29) is 11.7 Å². The lowest BCUT2D eigenvalue weighted by Crippen LogP contribution is -2.11. The zero-order valence-corrected chi connectivity index (χ0v) is 17.7. The summed E-state index contributed by atoms with van der Waals surface area (Å²) in [6.45, 7) is 1.91. The van der Waals surface area contributed by atoms with E-state index in [1.165, 1.54) is 6.07 Å². The van der Waals surface area contributed by atoms with Crippen molar-refractivity contribution < 1.29 is 4.92 Å². The van der Waals surface area contributed by atoms with E-state index in [0.29, 0.717) is 11.8 Å². The van der Waals surface area contributed by atoms with E-state index >= 15 is 0 Å². The number of benzene rings is 2. The Morgan fingerprint density at radius 2 is 1.82 bits per heavy atom. The predicted octanol–water partition coefficient (Wildman–Crippen LogP) is 4.96. The van der Waals surface area contributed by atoms with Crippen LogP contribution in [0, 0.1) is 10.1 Å². The number of nitrogens with zero attached hydrogens (tertiary/aromatic N) is 6. The number of anilines is 1. The van der Waals surface area contributed by atoms with Crippen molar-refractivity contribution in [2.75, 3.05) is 5.32 Å². The van der Waals surface area contributed by atoms with Gasteiger partial charge in [0.15, 0.2) is 0 Å². The quantitative estimate of drug-likeness (QED) is 0.295. The Morgan fingerprint density at radius 3 is 2.64 bits per heavy atom. The molecular formula is C24H19N7O2. The molecule has 33 heavy (non-hydrogen) atoms. The Bertz CT molecular complexity index is 1450. The molecule has 5 aromatic rings. The summed E-state index contributed by atoms with van der Waals surface area (Å²) in [5.74, 6) is 1.08. The van der Waals surface area contributed by atoms with Crippen molar-refractivity contribution in [3.63, 3.8) is 0 Å². The molecule has 0 fully saturated rings. The summed E-state index contributed by atoms with van der Waals surface area (Å²) in [4.78, 5) is 28.2. The van der Waals surface area contributed by atoms with Crippen LogP contribution in [0.1, 0.15) is 18.5 Å². The highest BCUT2D eigenvalue weighted by atomic mass is 16.6. The van der Waals surface area contributed by atoms with Crippen LogP contribution in [0.5, 0.6) is 0 Å². The van der Waals surface area contributed by atoms with Gasteiger partial charge < -0.3 is 5.32 Å². The van der Waals surface area contributed by atoms with Gasteiger partial charge in [0, 0.05) is 30.7 Å². The normalized spacial score (nSPS) is 11.9. The number of hydrogen-bond donors (Lipinski definition) is 1. The van der Waals surface area contributed by atoms with Crippen LogP contribution >= 0.6 is 0 Å². The minimum Gasteiger partial charge on any atom is -0.348 e. The Kier molecular flexibility index (Phi) is 5.19. The molecule has 0 bridgehead atoms. The maximum Gasteiger partial charge on any atom is 0.269 e. The van der Waals surface area contributed by atoms with E-state index < -0.39 is 4.92 Å². The molecule has 1 N–H and O–H groups in total. The zero-order valence-electron chi connectivity index (χ0n) is 17.7. The van der Waals surface area contributed by atoms with Crippen molar-refractivity contribution in [1.82, 2.24) is 24.5 Å². The first-order chi connectivity index (χ1) is 16.1. The van der Waals surface area contributed by atoms with Crippen molar-refractivity contribution in [2.45, 2.75) is 13.0 Å². The van der Waals surface area contributed by atoms with E-state index in [1.54, 1.807) is 43.1 Å². The summed E-state index contributed by atoms with van der Waals surface area (Å²) in [6, 6.07) is 18.1. The summed E-state index contributed by atoms with van der Waals surface area (Å²) in [6.07, 6.45) is 6.93. The summed E-state index contributed by atoms with van der Waals surface area (Å²) in [5, 5.41) is 14.3. The van der Waals surface area contributed by atoms with Crippen molar-refractivity contribution in [3.05, 3.63) is 101 Å². The fraction of sp³-hybridized carbons (Fsp3) is 0.0833. The monoisotopic (exact) mass is 437 g/mol. The molecule has 5 rings (SSSR count). The van der Waals surface area contributed by atoms with Crippen LogP contribution in [0.15, 0.2) is 85.6 Å². The van der Waals surface area contributed by atoms with E-state index in [2.05, 4.69) is 25.3 Å². The van der Waals surface area contributed by atoms with E-state index in [1.807, 2.05) is 47.9 Å². The van der Waals surface area contributed by atoms with Crippen molar-refractivity contribution in [1.29, 1.82) is 0 Å². The number of nitro groups is 1. The Morgan fingerprint density at radius 1 is 0.970 bits per heavy atom. The molecule has 3 heterocycles. The van der Waals surface area contributed by atoms with Crippen molar-refractivity contribution in [3.8, 4) is 16.9 Å². The largest absolute Gasteiger partial charge is 0.348 e. The average Bonchev–Trinajstić information content (AvgIpc) is 3.28. The molecule has 162 valence electrons. The van der Waals surface area contributed by atoms with Crippen LogP contribution in [0.25, 0.3) is 28.0 Å². The molecule has 2 aromatic carbocycles. The van der Waals surface area contributed by atoms with Gasteiger partial charge in [-0.25, -0.2) is 9.97 Å². The zero-order chi connectivity index (χ0) is 22.8. The van der Waals surface area contributed by atoms with Crippen LogP contribution in [-0.2, 0) is 0 Å². The van der Waals surface area contributed by atoms with Crippen molar-refractivity contribution >= 4 is 22.7 Å². The molecule has 1 unspecified atom stereocenters. The van der Waals surface area contributed by atoms with Gasteiger partial charge in [0.25, 0.3) is 5.69 Å². The molecule has 0 aliphatic heterocycles. The number of nitro benzene ring substituents is 1. The van der Waals surface area contributed by atoms with E-state index in [9.17, 15) is 10.1 Å². The highest BCUT2D eigenvalue weighted by molar-refractivity contribution is 5.83. The Balaban J connectivity index is 1.42. The molecule has 0 spiro atoms. The number of nitrogens with one attached hydrogen (secondary N) is 1. The maximum absolute atomic E-state index is 11.1. The van der Waals surface area contributed by atoms with Gasteiger partial charge in [0.2, 0.25) is 5.95 Å². The topological polar surface area (TPSA) is 112 Å². The third kappa shape index (κ3) is 4.11. The van der Waals surface area contributed by atoms with Gasteiger partial charge in [0.1, 0.15) is 12.1 Å². The predicted molar refractivity (Wildman–Crippen MR) is 125 cm³/mol. The molecule has 0 saturated heterocycles. The van der Waals surface area contributed by atoms with Gasteiger partial charge in [-0.15, -0.1) is 0 Å². The lowest BCUT2D eigenvalue weighted by molar-refractivity contribution is -0.384. The summed E-state index contributed by atoms with van der Waals surface area (Å²) in [5.41, 5.74) is 4.73. The summed E-state index contributed by atoms with van der Waals surface area (Å²) in [7, 11) is 0. The van der Waals surface area contributed by atoms with Crippen LogP contribution in [0.4, 0.5) is 11.6 Å². The number of imidazole rings is 1. The van der Waals surface area contributed by atoms with Gasteiger partial charge in [-0.05, 0) is 53.9 Å². The Hall–Kier alpha value is -4.66. The number of aromatic nitrogens is 5. The number of rotatable bonds is 6. The second kappa shape index (κ2) is 8.46. The lowest BCUT2D eigenvalue weighted by Gasteiger charge is -2.14. The summed E-state index contributed by atoms with van der Waals surface area (Å²) < 4.78 is 1.90. The fourth-order valence-electron chi connectivity index (χ4n) is 3.66. The summed E-state index contributed by atoms with van der Waals surface area (Å²) >= 11 is 0. The smallest absolute Gasteiger partial charge is 0.269 e. The van der Waals surface area contributed by atoms with Gasteiger partial charge in [-0.2, -0.15) is 4.98 Å². The molecule has 3 aromatic heterocycles. The highest BCUT2D eigenvalue weighted by Crippen LogP contribution is 2.26. The molecule has 9 heteroatoms. The third-order valence-electron chi connectivity index (χ3n) is 5.38. The Labute approximate surface area is 189 Å². The number of fused-ring (bicyclic) bond motifs is 1. The van der Waals surface area contributed by atoms with E-state index in [0.717, 1.165) is 27.7 Å². The molecular weight excluding hydrogens is 418 g/mol. The van der Waals surface area contributed by atoms with Crippen molar-refractivity contribution in [2.24, 2.45) is 0 Å². The molecule has 0 radical (unpaired) electrons. The third-order valence-corrected chi connectivity index (χ3v) is 5.38. The maximum atomic E-state index is 11.1. The first-order valence-electron chi connectivity index (χ1n) is 10.3. The molecule has 0 amide bonds. The van der Waals surface area contributed by atoms with E-state index in [4.69, 9.17) is 0 Å². The standard InChI is InChI=1S/C24H19N7O2/c1-16(18-3-2-4-20(13-18)31(32)33)28-24-26-12-9-23(29-24)30-15-27-21-14-19(5-6-22(21)30)17-7-10-25-11-8-17/h2-16H,1H3,(H,26,28,29). The fourth-order valence-corrected chi connectivity index (χ4v) is 3.66. The number of pyridine rings is 1. The first kappa shape index (κ1) is 20.3. The number of hydrogen-bond acceptors (Lipinski definition) is 7. The average molecular weight is 437 g/mol. The molecule has 0 saturated carbocycles. The minimum absolute atomic E-state index is 0.0480. The van der Waals surface area contributed by atoms with Gasteiger partial charge in [-0.1, -0.05) is 18.2 Å².